The number of likely N-dealkylation sites (tertiary alicyclic amines) is 1. The standard InChI is InChI=1S/C13H15FN4OS/c14-10-1-3-12(4-2-10)20-9-13(19)18-7-5-11(6-8-18)16-17-15/h1-4,11H,5-9H2. The highest BCUT2D eigenvalue weighted by Crippen LogP contribution is 2.20. The molecular formula is C13H15FN4OS. The molecule has 1 amide bonds. The number of azide groups is 1. The topological polar surface area (TPSA) is 69.1 Å². The minimum Gasteiger partial charge on any atom is -0.342 e. The average Bonchev–Trinajstić information content (AvgIpc) is 2.47. The summed E-state index contributed by atoms with van der Waals surface area (Å²) in [5, 5.41) is 3.68. The van der Waals surface area contributed by atoms with E-state index in [-0.39, 0.29) is 17.8 Å². The number of carbonyl (C=O) groups excluding carboxylic acids is 1. The van der Waals surface area contributed by atoms with Gasteiger partial charge in [0.25, 0.3) is 0 Å². The van der Waals surface area contributed by atoms with Gasteiger partial charge < -0.3 is 4.90 Å². The molecule has 0 aromatic heterocycles. The third-order valence-electron chi connectivity index (χ3n) is 3.21. The third-order valence-corrected chi connectivity index (χ3v) is 4.20. The van der Waals surface area contributed by atoms with Crippen LogP contribution < -0.4 is 0 Å². The molecule has 0 spiro atoms. The second-order valence-electron chi connectivity index (χ2n) is 4.56. The van der Waals surface area contributed by atoms with Gasteiger partial charge in [0.1, 0.15) is 5.82 Å². The zero-order valence-corrected chi connectivity index (χ0v) is 11.7. The number of benzene rings is 1. The first-order valence-electron chi connectivity index (χ1n) is 6.39. The largest absolute Gasteiger partial charge is 0.342 e. The summed E-state index contributed by atoms with van der Waals surface area (Å²) in [5.41, 5.74) is 8.37. The molecule has 2 rings (SSSR count). The molecule has 0 bridgehead atoms. The van der Waals surface area contributed by atoms with Crippen molar-refractivity contribution in [2.45, 2.75) is 23.8 Å². The molecule has 0 saturated carbocycles. The van der Waals surface area contributed by atoms with E-state index in [0.717, 1.165) is 17.7 Å². The molecule has 7 heteroatoms. The monoisotopic (exact) mass is 294 g/mol. The molecule has 0 radical (unpaired) electrons. The van der Waals surface area contributed by atoms with E-state index < -0.39 is 0 Å². The van der Waals surface area contributed by atoms with Crippen LogP contribution in [0.5, 0.6) is 0 Å². The minimum atomic E-state index is -0.277. The van der Waals surface area contributed by atoms with Gasteiger partial charge in [0, 0.05) is 28.9 Å². The highest BCUT2D eigenvalue weighted by molar-refractivity contribution is 8.00. The van der Waals surface area contributed by atoms with E-state index in [9.17, 15) is 9.18 Å². The number of carbonyl (C=O) groups is 1. The van der Waals surface area contributed by atoms with Gasteiger partial charge in [-0.3, -0.25) is 4.79 Å². The fourth-order valence-electron chi connectivity index (χ4n) is 2.07. The Morgan fingerprint density at radius 3 is 2.65 bits per heavy atom. The van der Waals surface area contributed by atoms with Crippen LogP contribution in [-0.2, 0) is 4.79 Å². The first-order valence-corrected chi connectivity index (χ1v) is 7.38. The van der Waals surface area contributed by atoms with Crippen molar-refractivity contribution in [1.29, 1.82) is 0 Å². The summed E-state index contributed by atoms with van der Waals surface area (Å²) in [6.07, 6.45) is 1.44. The van der Waals surface area contributed by atoms with Crippen LogP contribution in [0.2, 0.25) is 0 Å². The number of halogens is 1. The number of piperidine rings is 1. The Labute approximate surface area is 120 Å². The molecule has 1 aliphatic heterocycles. The maximum Gasteiger partial charge on any atom is 0.232 e. The molecule has 5 nitrogen and oxygen atoms in total. The van der Waals surface area contributed by atoms with Gasteiger partial charge in [0.2, 0.25) is 5.91 Å². The van der Waals surface area contributed by atoms with Gasteiger partial charge in [-0.15, -0.1) is 11.8 Å². The molecule has 1 aromatic rings. The lowest BCUT2D eigenvalue weighted by Gasteiger charge is -2.29. The first kappa shape index (κ1) is 14.7. The van der Waals surface area contributed by atoms with Crippen LogP contribution in [0.15, 0.2) is 34.3 Å². The van der Waals surface area contributed by atoms with Gasteiger partial charge in [0.05, 0.1) is 5.75 Å². The molecule has 0 aliphatic carbocycles. The SMILES string of the molecule is [N-]=[N+]=NC1CCN(C(=O)CSc2ccc(F)cc2)CC1. The Bertz CT molecular complexity index is 508. The van der Waals surface area contributed by atoms with Crippen molar-refractivity contribution in [2.24, 2.45) is 5.11 Å². The second-order valence-corrected chi connectivity index (χ2v) is 5.61. The molecule has 1 fully saturated rings. The molecule has 1 aromatic carbocycles. The summed E-state index contributed by atoms with van der Waals surface area (Å²) in [6.45, 7) is 1.26. The molecule has 1 aliphatic rings. The van der Waals surface area contributed by atoms with Crippen LogP contribution in [0.1, 0.15) is 12.8 Å². The number of amides is 1. The predicted molar refractivity (Wildman–Crippen MR) is 75.9 cm³/mol. The van der Waals surface area contributed by atoms with Crippen LogP contribution in [0.4, 0.5) is 4.39 Å². The normalized spacial score (nSPS) is 15.8. The molecule has 0 unspecified atom stereocenters. The molecule has 1 heterocycles. The zero-order valence-electron chi connectivity index (χ0n) is 10.9. The summed E-state index contributed by atoms with van der Waals surface area (Å²) in [6, 6.07) is 6.12. The minimum absolute atomic E-state index is 0.00815. The predicted octanol–water partition coefficient (Wildman–Crippen LogP) is 3.22. The Morgan fingerprint density at radius 1 is 1.40 bits per heavy atom. The quantitative estimate of drug-likeness (QED) is 0.370. The lowest BCUT2D eigenvalue weighted by atomic mass is 10.1. The highest BCUT2D eigenvalue weighted by Gasteiger charge is 2.21. The molecule has 20 heavy (non-hydrogen) atoms. The van der Waals surface area contributed by atoms with Crippen LogP contribution in [0, 0.1) is 5.82 Å². The van der Waals surface area contributed by atoms with Gasteiger partial charge in [-0.2, -0.15) is 0 Å². The highest BCUT2D eigenvalue weighted by atomic mass is 32.2. The van der Waals surface area contributed by atoms with E-state index in [2.05, 4.69) is 10.0 Å². The van der Waals surface area contributed by atoms with Crippen LogP contribution in [0.3, 0.4) is 0 Å². The summed E-state index contributed by atoms with van der Waals surface area (Å²) < 4.78 is 12.8. The Balaban J connectivity index is 1.78. The number of nitrogens with zero attached hydrogens (tertiary/aromatic N) is 4. The average molecular weight is 294 g/mol. The maximum absolute atomic E-state index is 12.8. The third kappa shape index (κ3) is 4.15. The molecule has 0 atom stereocenters. The summed E-state index contributed by atoms with van der Waals surface area (Å²) >= 11 is 1.40. The van der Waals surface area contributed by atoms with Gasteiger partial charge >= 0.3 is 0 Å². The lowest BCUT2D eigenvalue weighted by molar-refractivity contribution is -0.129. The van der Waals surface area contributed by atoms with E-state index in [0.29, 0.717) is 18.8 Å². The second kappa shape index (κ2) is 7.17. The smallest absolute Gasteiger partial charge is 0.232 e. The van der Waals surface area contributed by atoms with Crippen LogP contribution in [-0.4, -0.2) is 35.7 Å². The Hall–Kier alpha value is -1.72. The number of hydrogen-bond acceptors (Lipinski definition) is 3. The fraction of sp³-hybridized carbons (Fsp3) is 0.462. The Morgan fingerprint density at radius 2 is 2.05 bits per heavy atom. The van der Waals surface area contributed by atoms with Crippen molar-refractivity contribution in [1.82, 2.24) is 4.90 Å². The molecular weight excluding hydrogens is 279 g/mol. The first-order chi connectivity index (χ1) is 9.69. The van der Waals surface area contributed by atoms with Crippen molar-refractivity contribution >= 4 is 17.7 Å². The van der Waals surface area contributed by atoms with E-state index in [1.54, 1.807) is 17.0 Å². The van der Waals surface area contributed by atoms with E-state index in [1.807, 2.05) is 0 Å². The van der Waals surface area contributed by atoms with E-state index >= 15 is 0 Å². The number of thioether (sulfide) groups is 1. The van der Waals surface area contributed by atoms with Gasteiger partial charge in [-0.05, 0) is 42.6 Å². The van der Waals surface area contributed by atoms with Gasteiger partial charge in [-0.25, -0.2) is 4.39 Å². The zero-order chi connectivity index (χ0) is 14.4. The van der Waals surface area contributed by atoms with Crippen molar-refractivity contribution in [3.05, 3.63) is 40.5 Å². The fourth-order valence-corrected chi connectivity index (χ4v) is 2.87. The number of rotatable bonds is 4. The summed E-state index contributed by atoms with van der Waals surface area (Å²) in [4.78, 5) is 17.5. The molecule has 106 valence electrons. The Kier molecular flexibility index (Phi) is 5.26. The lowest BCUT2D eigenvalue weighted by Crippen LogP contribution is -2.40. The van der Waals surface area contributed by atoms with E-state index in [1.165, 1.54) is 23.9 Å². The van der Waals surface area contributed by atoms with Crippen molar-refractivity contribution in [3.63, 3.8) is 0 Å². The van der Waals surface area contributed by atoms with Gasteiger partial charge in [-0.1, -0.05) is 5.11 Å². The van der Waals surface area contributed by atoms with Crippen LogP contribution >= 0.6 is 11.8 Å². The number of hydrogen-bond donors (Lipinski definition) is 0. The van der Waals surface area contributed by atoms with Crippen molar-refractivity contribution < 1.29 is 9.18 Å². The molecule has 0 N–H and O–H groups in total. The summed E-state index contributed by atoms with van der Waals surface area (Å²) in [5.74, 6) is 0.136. The summed E-state index contributed by atoms with van der Waals surface area (Å²) in [7, 11) is 0. The maximum atomic E-state index is 12.8. The van der Waals surface area contributed by atoms with Crippen LogP contribution in [0.25, 0.3) is 10.4 Å². The van der Waals surface area contributed by atoms with Gasteiger partial charge in [0.15, 0.2) is 0 Å². The van der Waals surface area contributed by atoms with Crippen molar-refractivity contribution in [3.8, 4) is 0 Å². The molecule has 1 saturated heterocycles. The van der Waals surface area contributed by atoms with Crippen molar-refractivity contribution in [2.75, 3.05) is 18.8 Å². The van der Waals surface area contributed by atoms with E-state index in [4.69, 9.17) is 5.53 Å².